The van der Waals surface area contributed by atoms with Gasteiger partial charge in [-0.2, -0.15) is 0 Å². The number of hydrogen-bond acceptors (Lipinski definition) is 5. The third-order valence-corrected chi connectivity index (χ3v) is 2.97. The molecule has 0 spiro atoms. The normalized spacial score (nSPS) is 15.5. The van der Waals surface area contributed by atoms with Crippen LogP contribution >= 0.6 is 11.3 Å². The molecular formula is C9H10N4O3S. The molecule has 1 aromatic heterocycles. The van der Waals surface area contributed by atoms with Gasteiger partial charge in [-0.3, -0.25) is 25.2 Å². The number of anilines is 1. The Morgan fingerprint density at radius 3 is 2.71 bits per heavy atom. The van der Waals surface area contributed by atoms with Crippen molar-refractivity contribution >= 4 is 34.2 Å². The average molecular weight is 254 g/mol. The molecule has 0 bridgehead atoms. The van der Waals surface area contributed by atoms with Crippen molar-refractivity contribution in [3.63, 3.8) is 0 Å². The molecule has 1 aromatic rings. The van der Waals surface area contributed by atoms with Crippen LogP contribution < -0.4 is 16.2 Å². The summed E-state index contributed by atoms with van der Waals surface area (Å²) in [5.41, 5.74) is 4.42. The van der Waals surface area contributed by atoms with E-state index in [2.05, 4.69) is 21.2 Å². The van der Waals surface area contributed by atoms with Gasteiger partial charge in [0.1, 0.15) is 5.92 Å². The van der Waals surface area contributed by atoms with Crippen LogP contribution in [0.4, 0.5) is 5.13 Å². The van der Waals surface area contributed by atoms with Crippen LogP contribution in [-0.4, -0.2) is 22.7 Å². The lowest BCUT2D eigenvalue weighted by atomic mass is 10.0. The van der Waals surface area contributed by atoms with Gasteiger partial charge in [0.25, 0.3) is 11.8 Å². The van der Waals surface area contributed by atoms with Crippen LogP contribution in [0.1, 0.15) is 12.8 Å². The lowest BCUT2D eigenvalue weighted by Crippen LogP contribution is -2.28. The van der Waals surface area contributed by atoms with Gasteiger partial charge in [-0.25, -0.2) is 4.98 Å². The third-order valence-electron chi connectivity index (χ3n) is 2.28. The van der Waals surface area contributed by atoms with E-state index in [0.29, 0.717) is 5.13 Å². The van der Waals surface area contributed by atoms with Crippen molar-refractivity contribution in [2.75, 3.05) is 5.32 Å². The number of rotatable bonds is 4. The zero-order valence-corrected chi connectivity index (χ0v) is 9.54. The maximum atomic E-state index is 11.5. The van der Waals surface area contributed by atoms with Crippen LogP contribution in [0.3, 0.4) is 0 Å². The molecule has 0 aliphatic carbocycles. The van der Waals surface area contributed by atoms with Crippen LogP contribution in [0.2, 0.25) is 0 Å². The molecule has 0 unspecified atom stereocenters. The molecule has 1 fully saturated rings. The average Bonchev–Trinajstić information content (AvgIpc) is 2.88. The minimum Gasteiger partial charge on any atom is -0.302 e. The molecule has 17 heavy (non-hydrogen) atoms. The molecule has 0 radical (unpaired) electrons. The van der Waals surface area contributed by atoms with E-state index in [1.165, 1.54) is 11.3 Å². The van der Waals surface area contributed by atoms with E-state index in [0.717, 1.165) is 0 Å². The van der Waals surface area contributed by atoms with Gasteiger partial charge in [0.05, 0.1) is 0 Å². The number of hydrogen-bond donors (Lipinski definition) is 3. The van der Waals surface area contributed by atoms with Gasteiger partial charge in [-0.1, -0.05) is 0 Å². The Labute approximate surface area is 101 Å². The molecule has 1 saturated heterocycles. The molecule has 3 N–H and O–H groups in total. The Kier molecular flexibility index (Phi) is 3.33. The van der Waals surface area contributed by atoms with Crippen molar-refractivity contribution in [1.29, 1.82) is 0 Å². The highest BCUT2D eigenvalue weighted by Crippen LogP contribution is 2.14. The molecule has 2 rings (SSSR count). The van der Waals surface area contributed by atoms with Crippen molar-refractivity contribution in [3.05, 3.63) is 11.6 Å². The molecule has 7 nitrogen and oxygen atoms in total. The Balaban J connectivity index is 1.80. The van der Waals surface area contributed by atoms with Crippen molar-refractivity contribution in [2.24, 2.45) is 5.92 Å². The van der Waals surface area contributed by atoms with E-state index < -0.39 is 17.7 Å². The summed E-state index contributed by atoms with van der Waals surface area (Å²) in [6.07, 6.45) is 1.87. The molecule has 8 heteroatoms. The van der Waals surface area contributed by atoms with Crippen molar-refractivity contribution in [1.82, 2.24) is 15.8 Å². The number of nitrogens with one attached hydrogen (secondary N) is 3. The maximum absolute atomic E-state index is 11.5. The maximum Gasteiger partial charge on any atom is 0.251 e. The zero-order chi connectivity index (χ0) is 12.3. The second kappa shape index (κ2) is 4.91. The minimum atomic E-state index is -0.781. The summed E-state index contributed by atoms with van der Waals surface area (Å²) in [7, 11) is 0. The fraction of sp³-hybridized carbons (Fsp3) is 0.333. The van der Waals surface area contributed by atoms with Gasteiger partial charge in [-0.05, 0) is 6.42 Å². The van der Waals surface area contributed by atoms with Crippen LogP contribution in [0.5, 0.6) is 0 Å². The van der Waals surface area contributed by atoms with E-state index >= 15 is 0 Å². The largest absolute Gasteiger partial charge is 0.302 e. The second-order valence-corrected chi connectivity index (χ2v) is 4.35. The Morgan fingerprint density at radius 2 is 2.12 bits per heavy atom. The van der Waals surface area contributed by atoms with Crippen LogP contribution in [0.25, 0.3) is 0 Å². The predicted octanol–water partition coefficient (Wildman–Crippen LogP) is -0.361. The highest BCUT2D eigenvalue weighted by molar-refractivity contribution is 7.13. The Bertz CT molecular complexity index is 429. The van der Waals surface area contributed by atoms with E-state index in [-0.39, 0.29) is 18.7 Å². The molecule has 0 aromatic carbocycles. The first-order valence-corrected chi connectivity index (χ1v) is 5.84. The summed E-state index contributed by atoms with van der Waals surface area (Å²) in [6.45, 7) is 0. The van der Waals surface area contributed by atoms with Gasteiger partial charge in [-0.15, -0.1) is 11.3 Å². The number of carbonyl (C=O) groups is 3. The fourth-order valence-electron chi connectivity index (χ4n) is 1.42. The zero-order valence-electron chi connectivity index (χ0n) is 8.73. The lowest BCUT2D eigenvalue weighted by Gasteiger charge is -2.03. The van der Waals surface area contributed by atoms with Crippen LogP contribution in [0.15, 0.2) is 11.6 Å². The number of hydrazine groups is 1. The predicted molar refractivity (Wildman–Crippen MR) is 59.8 cm³/mol. The minimum absolute atomic E-state index is 0.102. The molecule has 2 heterocycles. The summed E-state index contributed by atoms with van der Waals surface area (Å²) in [5.74, 6) is -1.82. The molecule has 0 saturated carbocycles. The standard InChI is InChI=1S/C9H10N4O3S/c14-6(11-9-10-3-4-17-9)2-1-5-7(15)12-13-8(5)16/h3-5H,1-2H2,(H,12,15)(H,13,16)(H,10,11,14). The summed E-state index contributed by atoms with van der Waals surface area (Å²) < 4.78 is 0. The lowest BCUT2D eigenvalue weighted by molar-refractivity contribution is -0.128. The molecule has 0 atom stereocenters. The summed E-state index contributed by atoms with van der Waals surface area (Å²) in [5, 5.41) is 4.83. The second-order valence-electron chi connectivity index (χ2n) is 3.46. The number of nitrogens with zero attached hydrogens (tertiary/aromatic N) is 1. The van der Waals surface area contributed by atoms with Crippen LogP contribution in [-0.2, 0) is 14.4 Å². The van der Waals surface area contributed by atoms with Crippen molar-refractivity contribution < 1.29 is 14.4 Å². The Morgan fingerprint density at radius 1 is 1.41 bits per heavy atom. The van der Waals surface area contributed by atoms with Gasteiger partial charge in [0.15, 0.2) is 5.13 Å². The first-order chi connectivity index (χ1) is 8.16. The number of carbonyl (C=O) groups excluding carboxylic acids is 3. The third kappa shape index (κ3) is 2.78. The van der Waals surface area contributed by atoms with Gasteiger partial charge >= 0.3 is 0 Å². The molecular weight excluding hydrogens is 244 g/mol. The van der Waals surface area contributed by atoms with Crippen molar-refractivity contribution in [2.45, 2.75) is 12.8 Å². The fourth-order valence-corrected chi connectivity index (χ4v) is 1.97. The molecule has 1 aliphatic heterocycles. The topological polar surface area (TPSA) is 100 Å². The highest BCUT2D eigenvalue weighted by Gasteiger charge is 2.32. The first kappa shape index (κ1) is 11.5. The summed E-state index contributed by atoms with van der Waals surface area (Å²) in [4.78, 5) is 37.7. The number of thiazole rings is 1. The number of amides is 3. The smallest absolute Gasteiger partial charge is 0.251 e. The highest BCUT2D eigenvalue weighted by atomic mass is 32.1. The van der Waals surface area contributed by atoms with E-state index in [4.69, 9.17) is 0 Å². The van der Waals surface area contributed by atoms with E-state index in [9.17, 15) is 14.4 Å². The first-order valence-electron chi connectivity index (χ1n) is 4.96. The van der Waals surface area contributed by atoms with Gasteiger partial charge < -0.3 is 5.32 Å². The molecule has 1 aliphatic rings. The van der Waals surface area contributed by atoms with E-state index in [1.807, 2.05) is 0 Å². The monoisotopic (exact) mass is 254 g/mol. The van der Waals surface area contributed by atoms with Crippen molar-refractivity contribution in [3.8, 4) is 0 Å². The summed E-state index contributed by atoms with van der Waals surface area (Å²) >= 11 is 1.31. The SMILES string of the molecule is O=C(CCC1C(=O)NNC1=O)Nc1nccs1. The quantitative estimate of drug-likeness (QED) is 0.639. The Hall–Kier alpha value is -1.96. The van der Waals surface area contributed by atoms with Crippen LogP contribution in [0, 0.1) is 5.92 Å². The molecule has 3 amide bonds. The summed E-state index contributed by atoms with van der Waals surface area (Å²) in [6, 6.07) is 0. The van der Waals surface area contributed by atoms with Gasteiger partial charge in [0, 0.05) is 18.0 Å². The van der Waals surface area contributed by atoms with Gasteiger partial charge in [0.2, 0.25) is 5.91 Å². The number of aromatic nitrogens is 1. The van der Waals surface area contributed by atoms with E-state index in [1.54, 1.807) is 11.6 Å². The molecule has 90 valence electrons.